The Hall–Kier alpha value is -2.89. The highest BCUT2D eigenvalue weighted by Gasteiger charge is 2.19. The highest BCUT2D eigenvalue weighted by atomic mass is 19.1. The molecule has 1 fully saturated rings. The summed E-state index contributed by atoms with van der Waals surface area (Å²) in [6, 6.07) is 15.1. The van der Waals surface area contributed by atoms with E-state index in [0.29, 0.717) is 44.0 Å². The van der Waals surface area contributed by atoms with E-state index in [2.05, 4.69) is 39.9 Å². The second-order valence-corrected chi connectivity index (χ2v) is 6.93. The van der Waals surface area contributed by atoms with E-state index in [4.69, 9.17) is 0 Å². The van der Waals surface area contributed by atoms with Crippen LogP contribution in [0.15, 0.2) is 53.5 Å². The standard InChI is InChI=1S/C22H27FN4O/c1-24-22(25-13-12-19-5-2-3-6-20(19)23)26-15-17-8-10-18(11-9-17)16-27-14-4-7-21(27)28/h2-3,5-6,8-11H,4,7,12-16H2,1H3,(H2,24,25,26). The van der Waals surface area contributed by atoms with Crippen molar-refractivity contribution < 1.29 is 9.18 Å². The predicted molar refractivity (Wildman–Crippen MR) is 109 cm³/mol. The van der Waals surface area contributed by atoms with Gasteiger partial charge in [0.2, 0.25) is 5.91 Å². The molecule has 0 saturated carbocycles. The van der Waals surface area contributed by atoms with Crippen LogP contribution in [0, 0.1) is 5.82 Å². The summed E-state index contributed by atoms with van der Waals surface area (Å²) in [4.78, 5) is 17.8. The van der Waals surface area contributed by atoms with Crippen LogP contribution in [-0.4, -0.2) is 36.9 Å². The number of halogens is 1. The predicted octanol–water partition coefficient (Wildman–Crippen LogP) is 2.86. The fourth-order valence-electron chi connectivity index (χ4n) is 3.28. The molecule has 1 aliphatic heterocycles. The van der Waals surface area contributed by atoms with Gasteiger partial charge < -0.3 is 15.5 Å². The number of aliphatic imine (C=N–C) groups is 1. The molecule has 0 radical (unpaired) electrons. The van der Waals surface area contributed by atoms with Gasteiger partial charge >= 0.3 is 0 Å². The topological polar surface area (TPSA) is 56.7 Å². The van der Waals surface area contributed by atoms with Crippen LogP contribution in [0.1, 0.15) is 29.5 Å². The third-order valence-corrected chi connectivity index (χ3v) is 4.90. The minimum Gasteiger partial charge on any atom is -0.356 e. The molecule has 0 aromatic heterocycles. The number of likely N-dealkylation sites (tertiary alicyclic amines) is 1. The maximum atomic E-state index is 13.7. The summed E-state index contributed by atoms with van der Waals surface area (Å²) in [6.45, 7) is 2.79. The number of benzene rings is 2. The third-order valence-electron chi connectivity index (χ3n) is 4.90. The summed E-state index contributed by atoms with van der Waals surface area (Å²) in [5.74, 6) is 0.752. The first-order chi connectivity index (χ1) is 13.7. The molecule has 5 nitrogen and oxygen atoms in total. The van der Waals surface area contributed by atoms with Gasteiger partial charge in [0, 0.05) is 39.6 Å². The lowest BCUT2D eigenvalue weighted by atomic mass is 10.1. The van der Waals surface area contributed by atoms with Gasteiger partial charge in [0.1, 0.15) is 5.82 Å². The third kappa shape index (κ3) is 5.55. The van der Waals surface area contributed by atoms with Gasteiger partial charge in [-0.3, -0.25) is 9.79 Å². The summed E-state index contributed by atoms with van der Waals surface area (Å²) in [5.41, 5.74) is 2.97. The Labute approximate surface area is 165 Å². The number of carbonyl (C=O) groups is 1. The molecule has 1 heterocycles. The van der Waals surface area contributed by atoms with Gasteiger partial charge in [-0.05, 0) is 35.6 Å². The second kappa shape index (κ2) is 9.88. The summed E-state index contributed by atoms with van der Waals surface area (Å²) in [5, 5.41) is 6.47. The Balaban J connectivity index is 1.43. The maximum absolute atomic E-state index is 13.7. The second-order valence-electron chi connectivity index (χ2n) is 6.93. The molecule has 148 valence electrons. The van der Waals surface area contributed by atoms with Crippen molar-refractivity contribution in [2.75, 3.05) is 20.1 Å². The Kier molecular flexibility index (Phi) is 7.00. The van der Waals surface area contributed by atoms with Crippen molar-refractivity contribution in [2.24, 2.45) is 4.99 Å². The molecule has 1 aliphatic rings. The Morgan fingerprint density at radius 3 is 2.54 bits per heavy atom. The van der Waals surface area contributed by atoms with E-state index in [1.807, 2.05) is 11.0 Å². The molecule has 0 aliphatic carbocycles. The largest absolute Gasteiger partial charge is 0.356 e. The molecule has 0 spiro atoms. The molecule has 2 aromatic carbocycles. The van der Waals surface area contributed by atoms with E-state index in [1.165, 1.54) is 6.07 Å². The van der Waals surface area contributed by atoms with Gasteiger partial charge in [0.05, 0.1) is 0 Å². The zero-order valence-electron chi connectivity index (χ0n) is 16.2. The smallest absolute Gasteiger partial charge is 0.222 e. The van der Waals surface area contributed by atoms with Crippen molar-refractivity contribution in [3.05, 3.63) is 71.0 Å². The van der Waals surface area contributed by atoms with Crippen molar-refractivity contribution in [3.8, 4) is 0 Å². The molecule has 0 unspecified atom stereocenters. The number of hydrogen-bond acceptors (Lipinski definition) is 2. The molecular weight excluding hydrogens is 355 g/mol. The summed E-state index contributed by atoms with van der Waals surface area (Å²) < 4.78 is 13.7. The number of nitrogens with one attached hydrogen (secondary N) is 2. The average Bonchev–Trinajstić information content (AvgIpc) is 3.11. The quantitative estimate of drug-likeness (QED) is 0.572. The fourth-order valence-corrected chi connectivity index (χ4v) is 3.28. The van der Waals surface area contributed by atoms with Crippen molar-refractivity contribution >= 4 is 11.9 Å². The first-order valence-corrected chi connectivity index (χ1v) is 9.69. The van der Waals surface area contributed by atoms with E-state index < -0.39 is 0 Å². The van der Waals surface area contributed by atoms with Gasteiger partial charge in [-0.25, -0.2) is 4.39 Å². The van der Waals surface area contributed by atoms with Crippen molar-refractivity contribution in [3.63, 3.8) is 0 Å². The number of rotatable bonds is 7. The molecule has 2 aromatic rings. The first-order valence-electron chi connectivity index (χ1n) is 9.69. The van der Waals surface area contributed by atoms with Gasteiger partial charge in [0.25, 0.3) is 0 Å². The normalized spacial score (nSPS) is 14.4. The van der Waals surface area contributed by atoms with Crippen LogP contribution in [0.2, 0.25) is 0 Å². The molecule has 28 heavy (non-hydrogen) atoms. The zero-order valence-corrected chi connectivity index (χ0v) is 16.2. The van der Waals surface area contributed by atoms with Crippen LogP contribution >= 0.6 is 0 Å². The molecule has 0 atom stereocenters. The molecule has 3 rings (SSSR count). The number of guanidine groups is 1. The summed E-state index contributed by atoms with van der Waals surface area (Å²) >= 11 is 0. The van der Waals surface area contributed by atoms with E-state index in [0.717, 1.165) is 24.1 Å². The van der Waals surface area contributed by atoms with Gasteiger partial charge in [-0.1, -0.05) is 42.5 Å². The van der Waals surface area contributed by atoms with Gasteiger partial charge in [-0.15, -0.1) is 0 Å². The van der Waals surface area contributed by atoms with E-state index >= 15 is 0 Å². The highest BCUT2D eigenvalue weighted by Crippen LogP contribution is 2.14. The monoisotopic (exact) mass is 382 g/mol. The lowest BCUT2D eigenvalue weighted by molar-refractivity contribution is -0.128. The number of hydrogen-bond donors (Lipinski definition) is 2. The summed E-state index contributed by atoms with van der Waals surface area (Å²) in [6.07, 6.45) is 2.23. The Morgan fingerprint density at radius 2 is 1.86 bits per heavy atom. The minimum atomic E-state index is -0.178. The van der Waals surface area contributed by atoms with E-state index in [9.17, 15) is 9.18 Å². The van der Waals surface area contributed by atoms with Crippen LogP contribution in [0.25, 0.3) is 0 Å². The number of carbonyl (C=O) groups excluding carboxylic acids is 1. The lowest BCUT2D eigenvalue weighted by Gasteiger charge is -2.16. The first kappa shape index (κ1) is 19.9. The highest BCUT2D eigenvalue weighted by molar-refractivity contribution is 5.79. The summed E-state index contributed by atoms with van der Waals surface area (Å²) in [7, 11) is 1.72. The van der Waals surface area contributed by atoms with Crippen molar-refractivity contribution in [2.45, 2.75) is 32.4 Å². The Bertz CT molecular complexity index is 820. The molecule has 0 bridgehead atoms. The number of nitrogens with zero attached hydrogens (tertiary/aromatic N) is 2. The van der Waals surface area contributed by atoms with E-state index in [1.54, 1.807) is 19.2 Å². The molecule has 1 saturated heterocycles. The van der Waals surface area contributed by atoms with Gasteiger partial charge in [-0.2, -0.15) is 0 Å². The average molecular weight is 382 g/mol. The molecule has 6 heteroatoms. The van der Waals surface area contributed by atoms with E-state index in [-0.39, 0.29) is 11.7 Å². The lowest BCUT2D eigenvalue weighted by Crippen LogP contribution is -2.37. The van der Waals surface area contributed by atoms with Gasteiger partial charge in [0.15, 0.2) is 5.96 Å². The zero-order chi connectivity index (χ0) is 19.8. The fraction of sp³-hybridized carbons (Fsp3) is 0.364. The van der Waals surface area contributed by atoms with Crippen LogP contribution < -0.4 is 10.6 Å². The molecule has 2 N–H and O–H groups in total. The minimum absolute atomic E-state index is 0.178. The van der Waals surface area contributed by atoms with Crippen LogP contribution in [0.5, 0.6) is 0 Å². The van der Waals surface area contributed by atoms with Crippen molar-refractivity contribution in [1.82, 2.24) is 15.5 Å². The van der Waals surface area contributed by atoms with Crippen LogP contribution in [0.3, 0.4) is 0 Å². The van der Waals surface area contributed by atoms with Crippen molar-refractivity contribution in [1.29, 1.82) is 0 Å². The molecular formula is C22H27FN4O. The van der Waals surface area contributed by atoms with Crippen LogP contribution in [0.4, 0.5) is 4.39 Å². The molecule has 1 amide bonds. The van der Waals surface area contributed by atoms with Crippen LogP contribution in [-0.2, 0) is 24.3 Å². The number of amides is 1. The SMILES string of the molecule is CN=C(NCCc1ccccc1F)NCc1ccc(CN2CCCC2=O)cc1. The maximum Gasteiger partial charge on any atom is 0.222 e. The Morgan fingerprint density at radius 1 is 1.11 bits per heavy atom.